The molecule has 2 aromatic carbocycles. The number of aromatic hydroxyl groups is 1. The SMILES string of the molecule is COc1cc(C2c3cc4c(cc3C([C@@H]3C[C@@H](Br)[C@H](OC(C)=O)[C@@H](COC(C)=O)O3)C3COC(=O)C23)OCO4)cc(OC)c1O. The highest BCUT2D eigenvalue weighted by Gasteiger charge is 2.56. The second-order valence-corrected chi connectivity index (χ2v) is 12.4. The van der Waals surface area contributed by atoms with Crippen LogP contribution in [0.3, 0.4) is 0 Å². The van der Waals surface area contributed by atoms with E-state index in [2.05, 4.69) is 15.9 Å². The molecule has 4 unspecified atom stereocenters. The van der Waals surface area contributed by atoms with Gasteiger partial charge in [-0.25, -0.2) is 0 Å². The lowest BCUT2D eigenvalue weighted by atomic mass is 9.61. The van der Waals surface area contributed by atoms with Gasteiger partial charge < -0.3 is 43.0 Å². The zero-order valence-corrected chi connectivity index (χ0v) is 26.2. The van der Waals surface area contributed by atoms with Crippen LogP contribution in [0.1, 0.15) is 48.8 Å². The number of fused-ring (bicyclic) bond motifs is 3. The van der Waals surface area contributed by atoms with E-state index in [9.17, 15) is 19.5 Å². The lowest BCUT2D eigenvalue weighted by molar-refractivity contribution is -0.183. The molecule has 0 spiro atoms. The Kier molecular flexibility index (Phi) is 8.27. The summed E-state index contributed by atoms with van der Waals surface area (Å²) in [6, 6.07) is 7.21. The molecule has 6 rings (SSSR count). The number of carbonyl (C=O) groups excluding carboxylic acids is 3. The number of methoxy groups -OCH3 is 2. The third-order valence-electron chi connectivity index (χ3n) is 8.79. The van der Waals surface area contributed by atoms with E-state index in [-0.39, 0.29) is 59.9 Å². The Labute approximate surface area is 261 Å². The number of rotatable bonds is 7. The molecule has 3 heterocycles. The lowest BCUT2D eigenvalue weighted by Gasteiger charge is -2.47. The molecule has 0 bridgehead atoms. The van der Waals surface area contributed by atoms with Gasteiger partial charge in [0.2, 0.25) is 12.5 Å². The Morgan fingerprint density at radius 1 is 0.955 bits per heavy atom. The maximum atomic E-state index is 13.6. The van der Waals surface area contributed by atoms with E-state index in [4.69, 9.17) is 37.9 Å². The average molecular weight is 677 g/mol. The number of ether oxygens (including phenoxy) is 8. The molecule has 0 aromatic heterocycles. The first kappa shape index (κ1) is 30.3. The number of phenolic OH excluding ortho intramolecular Hbond substituents is 1. The Balaban J connectivity index is 1.48. The van der Waals surface area contributed by atoms with Crippen molar-refractivity contribution < 1.29 is 57.4 Å². The maximum absolute atomic E-state index is 13.6. The number of alkyl halides is 1. The third-order valence-corrected chi connectivity index (χ3v) is 9.68. The highest BCUT2D eigenvalue weighted by molar-refractivity contribution is 9.09. The normalized spacial score (nSPS) is 30.1. The maximum Gasteiger partial charge on any atom is 0.310 e. The van der Waals surface area contributed by atoms with E-state index in [0.717, 1.165) is 11.1 Å². The van der Waals surface area contributed by atoms with Gasteiger partial charge in [0.1, 0.15) is 18.8 Å². The molecule has 3 aliphatic heterocycles. The summed E-state index contributed by atoms with van der Waals surface area (Å²) in [6.07, 6.45) is -1.53. The minimum absolute atomic E-state index is 0.0568. The summed E-state index contributed by atoms with van der Waals surface area (Å²) in [4.78, 5) is 36.9. The molecular weight excluding hydrogens is 644 g/mol. The summed E-state index contributed by atoms with van der Waals surface area (Å²) in [5.74, 6) is -1.78. The standard InChI is InChI=1S/C31H33BrO12/c1-13(33)39-11-25-30(43-14(2)34)19(32)9-22(44-25)27-17-8-21-20(41-12-42-21)7-16(17)26(28-18(27)10-40-31(28)36)15-5-23(37-3)29(35)24(6-15)38-4/h5-8,18-19,22,25-28,30,35H,9-12H2,1-4H3/t18?,19-,22+,25-,26?,27?,28?,30+/m1/s1. The fraction of sp³-hybridized carbons (Fsp3) is 0.516. The van der Waals surface area contributed by atoms with Gasteiger partial charge in [-0.05, 0) is 47.4 Å². The average Bonchev–Trinajstić information content (AvgIpc) is 3.61. The number of phenols is 1. The smallest absolute Gasteiger partial charge is 0.310 e. The van der Waals surface area contributed by atoms with E-state index in [1.165, 1.54) is 28.1 Å². The van der Waals surface area contributed by atoms with Crippen LogP contribution in [0.15, 0.2) is 24.3 Å². The Morgan fingerprint density at radius 2 is 1.61 bits per heavy atom. The Morgan fingerprint density at radius 3 is 2.23 bits per heavy atom. The van der Waals surface area contributed by atoms with Crippen molar-refractivity contribution in [1.82, 2.24) is 0 Å². The number of esters is 3. The molecule has 236 valence electrons. The minimum atomic E-state index is -0.761. The van der Waals surface area contributed by atoms with Gasteiger partial charge in [-0.3, -0.25) is 14.4 Å². The van der Waals surface area contributed by atoms with E-state index in [1.807, 2.05) is 12.1 Å². The van der Waals surface area contributed by atoms with E-state index in [1.54, 1.807) is 12.1 Å². The second-order valence-electron chi connectivity index (χ2n) is 11.3. The zero-order valence-electron chi connectivity index (χ0n) is 24.6. The number of hydrogen-bond donors (Lipinski definition) is 1. The fourth-order valence-electron chi connectivity index (χ4n) is 7.03. The van der Waals surface area contributed by atoms with Crippen molar-refractivity contribution in [2.24, 2.45) is 11.8 Å². The van der Waals surface area contributed by atoms with Crippen LogP contribution in [0.2, 0.25) is 0 Å². The molecule has 8 atom stereocenters. The van der Waals surface area contributed by atoms with Crippen LogP contribution >= 0.6 is 15.9 Å². The molecule has 1 aliphatic carbocycles. The van der Waals surface area contributed by atoms with Gasteiger partial charge in [0.25, 0.3) is 0 Å². The molecule has 2 saturated heterocycles. The molecular formula is C31H33BrO12. The molecule has 1 N–H and O–H groups in total. The summed E-state index contributed by atoms with van der Waals surface area (Å²) < 4.78 is 45.7. The lowest BCUT2D eigenvalue weighted by Crippen LogP contribution is -2.53. The van der Waals surface area contributed by atoms with E-state index >= 15 is 0 Å². The van der Waals surface area contributed by atoms with Gasteiger partial charge in [0, 0.05) is 31.6 Å². The van der Waals surface area contributed by atoms with Crippen molar-refractivity contribution in [2.75, 3.05) is 34.2 Å². The van der Waals surface area contributed by atoms with Crippen LogP contribution in [0.5, 0.6) is 28.7 Å². The van der Waals surface area contributed by atoms with Crippen LogP contribution in [-0.4, -0.2) is 80.4 Å². The number of halogens is 1. The van der Waals surface area contributed by atoms with Crippen LogP contribution in [0, 0.1) is 11.8 Å². The molecule has 4 aliphatic rings. The predicted molar refractivity (Wildman–Crippen MR) is 154 cm³/mol. The first-order chi connectivity index (χ1) is 21.1. The molecule has 2 fully saturated rings. The summed E-state index contributed by atoms with van der Waals surface area (Å²) in [7, 11) is 2.89. The third kappa shape index (κ3) is 5.29. The zero-order chi connectivity index (χ0) is 31.3. The van der Waals surface area contributed by atoms with Crippen LogP contribution in [0.4, 0.5) is 0 Å². The first-order valence-electron chi connectivity index (χ1n) is 14.3. The molecule has 0 amide bonds. The van der Waals surface area contributed by atoms with Gasteiger partial charge >= 0.3 is 17.9 Å². The summed E-state index contributed by atoms with van der Waals surface area (Å²) in [5, 5.41) is 10.6. The quantitative estimate of drug-likeness (QED) is 0.260. The molecule has 44 heavy (non-hydrogen) atoms. The van der Waals surface area contributed by atoms with Crippen molar-refractivity contribution >= 4 is 33.8 Å². The van der Waals surface area contributed by atoms with Crippen molar-refractivity contribution in [1.29, 1.82) is 0 Å². The highest BCUT2D eigenvalue weighted by Crippen LogP contribution is 2.58. The van der Waals surface area contributed by atoms with Crippen LogP contribution < -0.4 is 18.9 Å². The summed E-state index contributed by atoms with van der Waals surface area (Å²) in [6.45, 7) is 2.70. The topological polar surface area (TPSA) is 145 Å². The monoisotopic (exact) mass is 676 g/mol. The van der Waals surface area contributed by atoms with Crippen molar-refractivity contribution in [3.05, 3.63) is 41.0 Å². The number of carbonyl (C=O) groups is 3. The predicted octanol–water partition coefficient (Wildman–Crippen LogP) is 3.57. The molecule has 0 radical (unpaired) electrons. The van der Waals surface area contributed by atoms with Gasteiger partial charge in [-0.2, -0.15) is 0 Å². The second kappa shape index (κ2) is 12.0. The molecule has 0 saturated carbocycles. The number of benzene rings is 2. The van der Waals surface area contributed by atoms with Crippen LogP contribution in [-0.2, 0) is 33.3 Å². The number of cyclic esters (lactones) is 1. The van der Waals surface area contributed by atoms with Crippen molar-refractivity contribution in [3.63, 3.8) is 0 Å². The van der Waals surface area contributed by atoms with Crippen molar-refractivity contribution in [3.8, 4) is 28.7 Å². The first-order valence-corrected chi connectivity index (χ1v) is 15.2. The number of hydrogen-bond acceptors (Lipinski definition) is 12. The van der Waals surface area contributed by atoms with Gasteiger partial charge in [0.05, 0.1) is 37.7 Å². The molecule has 12 nitrogen and oxygen atoms in total. The Bertz CT molecular complexity index is 1450. The van der Waals surface area contributed by atoms with Gasteiger partial charge in [-0.1, -0.05) is 15.9 Å². The van der Waals surface area contributed by atoms with Gasteiger partial charge in [0.15, 0.2) is 23.0 Å². The van der Waals surface area contributed by atoms with E-state index < -0.39 is 42.1 Å². The minimum Gasteiger partial charge on any atom is -0.502 e. The van der Waals surface area contributed by atoms with Gasteiger partial charge in [-0.15, -0.1) is 0 Å². The molecule has 2 aromatic rings. The molecule has 13 heteroatoms. The van der Waals surface area contributed by atoms with Crippen LogP contribution in [0.25, 0.3) is 0 Å². The largest absolute Gasteiger partial charge is 0.502 e. The summed E-state index contributed by atoms with van der Waals surface area (Å²) >= 11 is 3.71. The van der Waals surface area contributed by atoms with E-state index in [0.29, 0.717) is 23.5 Å². The van der Waals surface area contributed by atoms with Crippen molar-refractivity contribution in [2.45, 2.75) is 55.2 Å². The highest BCUT2D eigenvalue weighted by atomic mass is 79.9. The fourth-order valence-corrected chi connectivity index (χ4v) is 7.84. The Hall–Kier alpha value is -3.71. The summed E-state index contributed by atoms with van der Waals surface area (Å²) in [5.41, 5.74) is 2.38.